The lowest BCUT2D eigenvalue weighted by Gasteiger charge is -2.26. The minimum Gasteiger partial charge on any atom is -0.494 e. The molecule has 0 aliphatic carbocycles. The molecule has 348 valence electrons. The summed E-state index contributed by atoms with van der Waals surface area (Å²) in [6.45, 7) is 15.5. The Morgan fingerprint density at radius 3 is 1.94 bits per heavy atom. The van der Waals surface area contributed by atoms with E-state index in [1.165, 1.54) is 69.9 Å². The van der Waals surface area contributed by atoms with Crippen LogP contribution in [0.5, 0.6) is 5.75 Å². The van der Waals surface area contributed by atoms with E-state index in [0.29, 0.717) is 53.0 Å². The zero-order chi connectivity index (χ0) is 45.5. The highest BCUT2D eigenvalue weighted by atomic mass is 19.4. The summed E-state index contributed by atoms with van der Waals surface area (Å²) in [5.74, 6) is -0.165. The zero-order valence-corrected chi connectivity index (χ0v) is 39.1. The summed E-state index contributed by atoms with van der Waals surface area (Å²) in [5.41, 5.74) is 5.04. The fraction of sp³-hybridized carbons (Fsp3) is 0.608. The van der Waals surface area contributed by atoms with Crippen LogP contribution in [0.15, 0.2) is 41.4 Å². The van der Waals surface area contributed by atoms with E-state index in [-0.39, 0.29) is 18.0 Å². The second kappa shape index (κ2) is 27.5. The van der Waals surface area contributed by atoms with Crippen molar-refractivity contribution < 1.29 is 32.2 Å². The number of rotatable bonds is 31. The van der Waals surface area contributed by atoms with Gasteiger partial charge in [-0.05, 0) is 87.1 Å². The number of benzene rings is 2. The molecule has 2 heterocycles. The van der Waals surface area contributed by atoms with Crippen molar-refractivity contribution >= 4 is 35.5 Å². The van der Waals surface area contributed by atoms with Crippen LogP contribution in [-0.4, -0.2) is 59.6 Å². The molecule has 0 amide bonds. The third-order valence-corrected chi connectivity index (χ3v) is 11.5. The average Bonchev–Trinajstić information content (AvgIpc) is 3.77. The van der Waals surface area contributed by atoms with Crippen LogP contribution in [0.2, 0.25) is 0 Å². The van der Waals surface area contributed by atoms with E-state index in [9.17, 15) is 18.0 Å². The largest absolute Gasteiger partial charge is 0.573 e. The molecule has 0 radical (unpaired) electrons. The third kappa shape index (κ3) is 16.8. The minimum atomic E-state index is -4.92. The summed E-state index contributed by atoms with van der Waals surface area (Å²) in [4.78, 5) is 25.6. The number of nitrogens with zero attached hydrogens (tertiary/aromatic N) is 5. The number of ether oxygens (including phenoxy) is 3. The lowest BCUT2D eigenvalue weighted by atomic mass is 10.0. The Kier molecular flexibility index (Phi) is 22.3. The molecule has 0 N–H and O–H groups in total. The molecule has 0 fully saturated rings. The monoisotopic (exact) mass is 878 g/mol. The highest BCUT2D eigenvalue weighted by molar-refractivity contribution is 6.02. The van der Waals surface area contributed by atoms with Crippen molar-refractivity contribution in [3.05, 3.63) is 64.3 Å². The predicted molar refractivity (Wildman–Crippen MR) is 251 cm³/mol. The molecule has 0 saturated heterocycles. The fourth-order valence-corrected chi connectivity index (χ4v) is 7.85. The summed E-state index contributed by atoms with van der Waals surface area (Å²) in [6.07, 6.45) is 19.8. The molecule has 4 aromatic rings. The first-order chi connectivity index (χ1) is 30.5. The Bertz CT molecular complexity index is 2030. The topological polar surface area (TPSA) is 90.5 Å². The molecule has 2 aromatic carbocycles. The number of carbonyl (C=O) groups excluding carboxylic acids is 1. The van der Waals surface area contributed by atoms with Crippen LogP contribution >= 0.6 is 0 Å². The van der Waals surface area contributed by atoms with Crippen LogP contribution < -0.4 is 15.0 Å². The van der Waals surface area contributed by atoms with Crippen molar-refractivity contribution in [3.63, 3.8) is 0 Å². The molecule has 0 aliphatic heterocycles. The molecular formula is C51H74F3N5O4. The first-order valence-electron chi connectivity index (χ1n) is 24.0. The molecule has 4 rings (SSSR count). The lowest BCUT2D eigenvalue weighted by Crippen LogP contribution is -2.26. The van der Waals surface area contributed by atoms with Crippen molar-refractivity contribution in [2.24, 2.45) is 4.99 Å². The molecule has 63 heavy (non-hydrogen) atoms. The van der Waals surface area contributed by atoms with Gasteiger partial charge >= 0.3 is 12.3 Å². The van der Waals surface area contributed by atoms with E-state index in [1.54, 1.807) is 22.7 Å². The third-order valence-electron chi connectivity index (χ3n) is 11.5. The van der Waals surface area contributed by atoms with E-state index in [1.807, 2.05) is 13.0 Å². The number of halogens is 3. The Hall–Kier alpha value is -4.61. The van der Waals surface area contributed by atoms with Crippen molar-refractivity contribution in [3.8, 4) is 16.9 Å². The van der Waals surface area contributed by atoms with Gasteiger partial charge in [-0.2, -0.15) is 5.10 Å². The van der Waals surface area contributed by atoms with E-state index in [4.69, 9.17) is 19.6 Å². The zero-order valence-electron chi connectivity index (χ0n) is 39.1. The van der Waals surface area contributed by atoms with E-state index >= 15 is 0 Å². The summed E-state index contributed by atoms with van der Waals surface area (Å²) in [5, 5.41) is 5.53. The molecule has 0 aliphatic rings. The number of aromatic nitrogens is 3. The van der Waals surface area contributed by atoms with Gasteiger partial charge in [0.1, 0.15) is 5.75 Å². The molecule has 2 aromatic heterocycles. The van der Waals surface area contributed by atoms with Crippen LogP contribution in [-0.2, 0) is 9.47 Å². The van der Waals surface area contributed by atoms with Gasteiger partial charge in [-0.25, -0.2) is 19.3 Å². The van der Waals surface area contributed by atoms with Gasteiger partial charge in [0.25, 0.3) is 0 Å². The van der Waals surface area contributed by atoms with Gasteiger partial charge in [0.15, 0.2) is 17.7 Å². The van der Waals surface area contributed by atoms with Crippen LogP contribution in [0.25, 0.3) is 22.9 Å². The van der Waals surface area contributed by atoms with Crippen LogP contribution in [0.4, 0.5) is 24.5 Å². The number of fused-ring (bicyclic) bond motifs is 1. The van der Waals surface area contributed by atoms with Crippen molar-refractivity contribution in [1.29, 1.82) is 0 Å². The van der Waals surface area contributed by atoms with Gasteiger partial charge in [-0.15, -0.1) is 13.2 Å². The molecule has 0 saturated carbocycles. The van der Waals surface area contributed by atoms with Crippen LogP contribution in [0.3, 0.4) is 0 Å². The number of hydrogen-bond donors (Lipinski definition) is 0. The number of aliphatic imine (C=N–C) groups is 1. The molecule has 0 spiro atoms. The SMILES string of the molecule is CCCCCCCCOC(=O)c1nn2/c(=C\c3ccc(N(CCCCCC)CCCCCC)cc3C)c(C)nc2c1-c1cc(OCCCCCCCC)ccc1/N=C\OC(F)(F)F. The van der Waals surface area contributed by atoms with Gasteiger partial charge in [-0.1, -0.05) is 136 Å². The van der Waals surface area contributed by atoms with Gasteiger partial charge < -0.3 is 19.1 Å². The molecule has 9 nitrogen and oxygen atoms in total. The highest BCUT2D eigenvalue weighted by Gasteiger charge is 2.30. The van der Waals surface area contributed by atoms with Crippen LogP contribution in [0.1, 0.15) is 183 Å². The minimum absolute atomic E-state index is 0.00625. The lowest BCUT2D eigenvalue weighted by molar-refractivity contribution is -0.280. The summed E-state index contributed by atoms with van der Waals surface area (Å²) in [7, 11) is 0. The number of hydrogen-bond acceptors (Lipinski definition) is 8. The average molecular weight is 878 g/mol. The molecule has 0 atom stereocenters. The fourth-order valence-electron chi connectivity index (χ4n) is 7.85. The molecular weight excluding hydrogens is 804 g/mol. The second-order valence-electron chi connectivity index (χ2n) is 16.8. The van der Waals surface area contributed by atoms with Crippen LogP contribution in [0, 0.1) is 13.8 Å². The Morgan fingerprint density at radius 1 is 0.746 bits per heavy atom. The second-order valence-corrected chi connectivity index (χ2v) is 16.8. The van der Waals surface area contributed by atoms with E-state index < -0.39 is 12.3 Å². The Balaban J connectivity index is 1.79. The predicted octanol–water partition coefficient (Wildman–Crippen LogP) is 14.0. The quantitative estimate of drug-likeness (QED) is 0.0215. The number of anilines is 1. The van der Waals surface area contributed by atoms with Gasteiger partial charge in [0, 0.05) is 24.3 Å². The number of carbonyl (C=O) groups is 1. The number of esters is 1. The first kappa shape index (κ1) is 51.0. The molecule has 0 unspecified atom stereocenters. The normalized spacial score (nSPS) is 12.2. The Labute approximate surface area is 374 Å². The first-order valence-corrected chi connectivity index (χ1v) is 24.0. The summed E-state index contributed by atoms with van der Waals surface area (Å²) < 4.78 is 57.0. The highest BCUT2D eigenvalue weighted by Crippen LogP contribution is 2.38. The maximum atomic E-state index is 14.1. The number of aryl methyl sites for hydroxylation is 2. The van der Waals surface area contributed by atoms with Gasteiger partial charge in [-0.3, -0.25) is 0 Å². The number of imidazole rings is 1. The van der Waals surface area contributed by atoms with E-state index in [2.05, 4.69) is 67.4 Å². The molecule has 12 heteroatoms. The summed E-state index contributed by atoms with van der Waals surface area (Å²) in [6, 6.07) is 11.5. The summed E-state index contributed by atoms with van der Waals surface area (Å²) >= 11 is 0. The standard InChI is InChI=1S/C51H74F3N5O4/c1-7-11-15-19-21-25-33-61-43-29-30-45(55-38-63-51(52,53)54)44(37-43)47-48(50(60)62-34-26-22-20-16-12-8-2)57-59-46(40(6)56-49(47)59)36-41-27-28-42(35-39(41)5)58(31-23-17-13-9-3)32-24-18-14-10-4/h27-30,35-38H,7-26,31-34H2,1-6H3/b46-36-,55-38-. The number of unbranched alkanes of at least 4 members (excludes halogenated alkanes) is 16. The smallest absolute Gasteiger partial charge is 0.494 e. The molecule has 0 bridgehead atoms. The van der Waals surface area contributed by atoms with Crippen molar-refractivity contribution in [1.82, 2.24) is 14.6 Å². The maximum Gasteiger partial charge on any atom is 0.573 e. The Morgan fingerprint density at radius 2 is 1.33 bits per heavy atom. The van der Waals surface area contributed by atoms with Crippen molar-refractivity contribution in [2.45, 2.75) is 176 Å². The van der Waals surface area contributed by atoms with Gasteiger partial charge in [0.05, 0.1) is 35.5 Å². The maximum absolute atomic E-state index is 14.1. The van der Waals surface area contributed by atoms with Crippen molar-refractivity contribution in [2.75, 3.05) is 31.2 Å². The number of alkyl halides is 3. The van der Waals surface area contributed by atoms with Gasteiger partial charge in [0.2, 0.25) is 0 Å². The van der Waals surface area contributed by atoms with E-state index in [0.717, 1.165) is 82.0 Å².